The van der Waals surface area contributed by atoms with Crippen molar-refractivity contribution < 1.29 is 19.1 Å². The van der Waals surface area contributed by atoms with E-state index in [0.717, 1.165) is 22.0 Å². The van der Waals surface area contributed by atoms with Crippen LogP contribution in [0, 0.1) is 5.92 Å². The van der Waals surface area contributed by atoms with Crippen LogP contribution in [0.2, 0.25) is 0 Å². The highest BCUT2D eigenvalue weighted by Gasteiger charge is 2.40. The van der Waals surface area contributed by atoms with Crippen molar-refractivity contribution in [2.75, 3.05) is 26.2 Å². The third-order valence-electron chi connectivity index (χ3n) is 7.05. The highest BCUT2D eigenvalue weighted by Crippen LogP contribution is 2.41. The van der Waals surface area contributed by atoms with Crippen LogP contribution in [0.1, 0.15) is 47.3 Å². The average Bonchev–Trinajstić information content (AvgIpc) is 3.33. The summed E-state index contributed by atoms with van der Waals surface area (Å²) in [5.74, 6) is -0.558. The smallest absolute Gasteiger partial charge is 0.309 e. The number of benzene rings is 2. The van der Waals surface area contributed by atoms with E-state index in [1.807, 2.05) is 43.4 Å². The van der Waals surface area contributed by atoms with Crippen molar-refractivity contribution in [2.45, 2.75) is 25.8 Å². The maximum Gasteiger partial charge on any atom is 0.309 e. The fourth-order valence-corrected chi connectivity index (χ4v) is 5.33. The molecule has 0 N–H and O–H groups in total. The van der Waals surface area contributed by atoms with E-state index in [4.69, 9.17) is 4.74 Å². The minimum absolute atomic E-state index is 0.00543. The number of amides is 2. The van der Waals surface area contributed by atoms with E-state index in [1.165, 1.54) is 0 Å². The molecule has 34 heavy (non-hydrogen) atoms. The fourth-order valence-electron chi connectivity index (χ4n) is 5.33. The Labute approximate surface area is 198 Å². The number of carbonyl (C=O) groups is 3. The van der Waals surface area contributed by atoms with Gasteiger partial charge in [-0.15, -0.1) is 0 Å². The van der Waals surface area contributed by atoms with Gasteiger partial charge < -0.3 is 19.1 Å². The van der Waals surface area contributed by atoms with Crippen molar-refractivity contribution >= 4 is 28.7 Å². The van der Waals surface area contributed by atoms with Crippen LogP contribution < -0.4 is 0 Å². The molecule has 0 bridgehead atoms. The van der Waals surface area contributed by atoms with Gasteiger partial charge in [-0.25, -0.2) is 0 Å². The number of para-hydroxylation sites is 1. The molecule has 2 aliphatic rings. The van der Waals surface area contributed by atoms with Crippen LogP contribution in [-0.4, -0.2) is 58.4 Å². The molecule has 0 saturated carbocycles. The van der Waals surface area contributed by atoms with Crippen molar-refractivity contribution in [2.24, 2.45) is 13.0 Å². The highest BCUT2D eigenvalue weighted by molar-refractivity contribution is 6.02. The van der Waals surface area contributed by atoms with E-state index in [1.54, 1.807) is 16.7 Å². The number of nitrogens with zero attached hydrogens (tertiary/aromatic N) is 3. The van der Waals surface area contributed by atoms with Gasteiger partial charge in [-0.05, 0) is 37.5 Å². The number of fused-ring (bicyclic) bond motifs is 2. The van der Waals surface area contributed by atoms with Crippen LogP contribution in [0.25, 0.3) is 10.9 Å². The van der Waals surface area contributed by atoms with Crippen molar-refractivity contribution in [3.05, 3.63) is 71.4 Å². The summed E-state index contributed by atoms with van der Waals surface area (Å²) in [5, 5.41) is 1.08. The zero-order valence-corrected chi connectivity index (χ0v) is 19.6. The van der Waals surface area contributed by atoms with Gasteiger partial charge in [0.1, 0.15) is 6.54 Å². The zero-order valence-electron chi connectivity index (χ0n) is 19.6. The van der Waals surface area contributed by atoms with E-state index < -0.39 is 0 Å². The Morgan fingerprint density at radius 2 is 1.71 bits per heavy atom. The Kier molecular flexibility index (Phi) is 5.86. The maximum absolute atomic E-state index is 13.4. The Morgan fingerprint density at radius 3 is 2.47 bits per heavy atom. The zero-order chi connectivity index (χ0) is 23.8. The standard InChI is InChI=1S/C27H29N3O4/c1-3-34-27(33)18-12-14-29(15-13-18)24(31)17-30-25(20-9-4-5-10-21(20)26(30)32)22-16-28(2)23-11-7-6-8-19(22)23/h4-11,16,18,25H,3,12-15,17H2,1-2H3. The summed E-state index contributed by atoms with van der Waals surface area (Å²) in [6.45, 7) is 3.16. The second kappa shape index (κ2) is 8.97. The first kappa shape index (κ1) is 22.2. The Balaban J connectivity index is 1.41. The van der Waals surface area contributed by atoms with E-state index >= 15 is 0 Å². The van der Waals surface area contributed by atoms with E-state index in [9.17, 15) is 14.4 Å². The van der Waals surface area contributed by atoms with Crippen molar-refractivity contribution in [3.8, 4) is 0 Å². The molecule has 1 fully saturated rings. The summed E-state index contributed by atoms with van der Waals surface area (Å²) in [7, 11) is 2.00. The lowest BCUT2D eigenvalue weighted by atomic mass is 9.96. The predicted molar refractivity (Wildman–Crippen MR) is 128 cm³/mol. The molecule has 0 radical (unpaired) electrons. The minimum atomic E-state index is -0.323. The molecule has 0 aliphatic carbocycles. The maximum atomic E-state index is 13.4. The third-order valence-corrected chi connectivity index (χ3v) is 7.05. The molecule has 2 aromatic carbocycles. The molecular weight excluding hydrogens is 430 g/mol. The van der Waals surface area contributed by atoms with E-state index in [2.05, 4.69) is 22.9 Å². The van der Waals surface area contributed by atoms with Gasteiger partial charge in [0, 0.05) is 48.4 Å². The first-order valence-electron chi connectivity index (χ1n) is 11.9. The normalized spacial score (nSPS) is 18.4. The van der Waals surface area contributed by atoms with Gasteiger partial charge in [-0.2, -0.15) is 0 Å². The minimum Gasteiger partial charge on any atom is -0.466 e. The molecule has 7 heteroatoms. The van der Waals surface area contributed by atoms with Crippen LogP contribution in [0.3, 0.4) is 0 Å². The summed E-state index contributed by atoms with van der Waals surface area (Å²) in [5.41, 5.74) is 3.68. The van der Waals surface area contributed by atoms with Crippen molar-refractivity contribution in [1.29, 1.82) is 0 Å². The Morgan fingerprint density at radius 1 is 1.00 bits per heavy atom. The van der Waals surface area contributed by atoms with Gasteiger partial charge in [-0.3, -0.25) is 14.4 Å². The van der Waals surface area contributed by atoms with Gasteiger partial charge in [-0.1, -0.05) is 36.4 Å². The van der Waals surface area contributed by atoms with Gasteiger partial charge in [0.15, 0.2) is 0 Å². The summed E-state index contributed by atoms with van der Waals surface area (Å²) in [6.07, 6.45) is 3.24. The number of piperidine rings is 1. The molecule has 1 saturated heterocycles. The number of hydrogen-bond donors (Lipinski definition) is 0. The molecule has 2 amide bonds. The number of aromatic nitrogens is 1. The van der Waals surface area contributed by atoms with Crippen LogP contribution in [0.15, 0.2) is 54.7 Å². The fraction of sp³-hybridized carbons (Fsp3) is 0.370. The summed E-state index contributed by atoms with van der Waals surface area (Å²) in [4.78, 5) is 42.3. The number of ether oxygens (including phenoxy) is 1. The van der Waals surface area contributed by atoms with Crippen molar-refractivity contribution in [1.82, 2.24) is 14.4 Å². The van der Waals surface area contributed by atoms with Gasteiger partial charge in [0.2, 0.25) is 5.91 Å². The molecule has 7 nitrogen and oxygen atoms in total. The second-order valence-corrected chi connectivity index (χ2v) is 9.04. The topological polar surface area (TPSA) is 71.8 Å². The molecule has 2 aliphatic heterocycles. The molecule has 0 spiro atoms. The van der Waals surface area contributed by atoms with Gasteiger partial charge in [0.25, 0.3) is 5.91 Å². The largest absolute Gasteiger partial charge is 0.466 e. The molecular formula is C27H29N3O4. The molecule has 1 aromatic heterocycles. The summed E-state index contributed by atoms with van der Waals surface area (Å²) < 4.78 is 7.20. The van der Waals surface area contributed by atoms with Crippen LogP contribution >= 0.6 is 0 Å². The number of aryl methyl sites for hydroxylation is 1. The van der Waals surface area contributed by atoms with Crippen LogP contribution in [-0.2, 0) is 21.4 Å². The number of rotatable bonds is 5. The first-order chi connectivity index (χ1) is 16.5. The van der Waals surface area contributed by atoms with Crippen molar-refractivity contribution in [3.63, 3.8) is 0 Å². The molecule has 1 unspecified atom stereocenters. The summed E-state index contributed by atoms with van der Waals surface area (Å²) in [6, 6.07) is 15.4. The lowest BCUT2D eigenvalue weighted by molar-refractivity contribution is -0.151. The van der Waals surface area contributed by atoms with Crippen LogP contribution in [0.4, 0.5) is 0 Å². The molecule has 3 aromatic rings. The molecule has 176 valence electrons. The lowest BCUT2D eigenvalue weighted by Gasteiger charge is -2.33. The SMILES string of the molecule is CCOC(=O)C1CCN(C(=O)CN2C(=O)c3ccccc3C2c2cn(C)c3ccccc23)CC1. The summed E-state index contributed by atoms with van der Waals surface area (Å²) >= 11 is 0. The number of hydrogen-bond acceptors (Lipinski definition) is 4. The first-order valence-corrected chi connectivity index (χ1v) is 11.9. The monoisotopic (exact) mass is 459 g/mol. The Bertz CT molecular complexity index is 1260. The van der Waals surface area contributed by atoms with Gasteiger partial charge in [0.05, 0.1) is 18.6 Å². The molecule has 1 atom stereocenters. The highest BCUT2D eigenvalue weighted by atomic mass is 16.5. The number of carbonyl (C=O) groups excluding carboxylic acids is 3. The van der Waals surface area contributed by atoms with E-state index in [-0.39, 0.29) is 36.3 Å². The number of likely N-dealkylation sites (tertiary alicyclic amines) is 1. The third kappa shape index (κ3) is 3.75. The average molecular weight is 460 g/mol. The Hall–Kier alpha value is -3.61. The van der Waals surface area contributed by atoms with Crippen LogP contribution in [0.5, 0.6) is 0 Å². The van der Waals surface area contributed by atoms with Gasteiger partial charge >= 0.3 is 5.97 Å². The molecule has 3 heterocycles. The lowest BCUT2D eigenvalue weighted by Crippen LogP contribution is -2.46. The number of esters is 1. The predicted octanol–water partition coefficient (Wildman–Crippen LogP) is 3.53. The second-order valence-electron chi connectivity index (χ2n) is 9.04. The van der Waals surface area contributed by atoms with E-state index in [0.29, 0.717) is 38.1 Å². The molecule has 5 rings (SSSR count). The quantitative estimate of drug-likeness (QED) is 0.548.